The van der Waals surface area contributed by atoms with E-state index in [1.54, 1.807) is 0 Å². The van der Waals surface area contributed by atoms with Crippen molar-refractivity contribution in [2.45, 2.75) is 46.2 Å². The lowest BCUT2D eigenvalue weighted by Crippen LogP contribution is -2.35. The molecule has 0 aliphatic rings. The van der Waals surface area contributed by atoms with Crippen molar-refractivity contribution in [3.8, 4) is 0 Å². The van der Waals surface area contributed by atoms with E-state index in [1.165, 1.54) is 11.1 Å². The Morgan fingerprint density at radius 1 is 0.773 bits per heavy atom. The molecule has 0 bridgehead atoms. The average molecular weight is 300 g/mol. The normalized spacial score (nSPS) is 10.8. The summed E-state index contributed by atoms with van der Waals surface area (Å²) >= 11 is 0. The van der Waals surface area contributed by atoms with Crippen LogP contribution in [0, 0.1) is 0 Å². The molecule has 0 N–H and O–H groups in total. The van der Waals surface area contributed by atoms with Gasteiger partial charge in [0.2, 0.25) is 0 Å². The molecule has 2 aromatic heterocycles. The van der Waals surface area contributed by atoms with Crippen molar-refractivity contribution in [2.75, 3.05) is 13.2 Å². The Kier molecular flexibility index (Phi) is 7.04. The predicted octanol–water partition coefficient (Wildman–Crippen LogP) is 2.49. The van der Waals surface area contributed by atoms with Crippen LogP contribution in [0.3, 0.4) is 0 Å². The lowest BCUT2D eigenvalue weighted by atomic mass is 10.1. The van der Waals surface area contributed by atoms with Crippen LogP contribution >= 0.6 is 0 Å². The number of aromatic nitrogens is 2. The highest BCUT2D eigenvalue weighted by Gasteiger charge is 2.03. The largest absolute Gasteiger partial charge is 0.375 e. The van der Waals surface area contributed by atoms with Gasteiger partial charge in [-0.1, -0.05) is 6.92 Å². The molecule has 0 atom stereocenters. The second-order valence-corrected chi connectivity index (χ2v) is 5.59. The number of hydrogen-bond acceptors (Lipinski definition) is 1. The maximum Gasteiger partial charge on any atom is 0.171 e. The Morgan fingerprint density at radius 2 is 1.32 bits per heavy atom. The minimum Gasteiger partial charge on any atom is -0.375 e. The van der Waals surface area contributed by atoms with Gasteiger partial charge >= 0.3 is 0 Å². The highest BCUT2D eigenvalue weighted by molar-refractivity contribution is 5.13. The summed E-state index contributed by atoms with van der Waals surface area (Å²) in [6.07, 6.45) is 11.9. The van der Waals surface area contributed by atoms with E-state index in [0.717, 1.165) is 45.6 Å². The Labute approximate surface area is 134 Å². The van der Waals surface area contributed by atoms with Gasteiger partial charge in [-0.15, -0.1) is 0 Å². The summed E-state index contributed by atoms with van der Waals surface area (Å²) < 4.78 is 9.89. The number of rotatable bonds is 9. The Hall–Kier alpha value is -1.74. The summed E-state index contributed by atoms with van der Waals surface area (Å²) in [5.41, 5.74) is 2.78. The van der Waals surface area contributed by atoms with Crippen molar-refractivity contribution in [3.63, 3.8) is 0 Å². The second kappa shape index (κ2) is 9.31. The van der Waals surface area contributed by atoms with Crippen molar-refractivity contribution in [1.29, 1.82) is 0 Å². The van der Waals surface area contributed by atoms with Crippen LogP contribution in [-0.2, 0) is 30.7 Å². The molecule has 3 nitrogen and oxygen atoms in total. The molecule has 2 aromatic rings. The number of aryl methyl sites for hydroxylation is 3. The van der Waals surface area contributed by atoms with Crippen LogP contribution in [-0.4, -0.2) is 13.2 Å². The zero-order valence-electron chi connectivity index (χ0n) is 13.9. The van der Waals surface area contributed by atoms with Crippen LogP contribution in [0.25, 0.3) is 0 Å². The van der Waals surface area contributed by atoms with Gasteiger partial charge in [-0.3, -0.25) is 0 Å². The first kappa shape index (κ1) is 16.6. The molecule has 0 spiro atoms. The molecule has 3 heteroatoms. The first-order chi connectivity index (χ1) is 10.8. The molecule has 0 saturated heterocycles. The smallest absolute Gasteiger partial charge is 0.171 e. The first-order valence-electron chi connectivity index (χ1n) is 8.35. The average Bonchev–Trinajstić information content (AvgIpc) is 2.58. The number of hydrogen-bond donors (Lipinski definition) is 0. The topological polar surface area (TPSA) is 17.0 Å². The molecular formula is C19H28N2O+2. The molecule has 2 rings (SSSR count). The Morgan fingerprint density at radius 3 is 1.82 bits per heavy atom. The fourth-order valence-electron chi connectivity index (χ4n) is 2.37. The van der Waals surface area contributed by atoms with Gasteiger partial charge in [0.05, 0.1) is 0 Å². The Bertz CT molecular complexity index is 534. The van der Waals surface area contributed by atoms with Crippen LogP contribution in [0.1, 0.15) is 31.4 Å². The van der Waals surface area contributed by atoms with Crippen LogP contribution in [0.15, 0.2) is 49.1 Å². The van der Waals surface area contributed by atoms with Crippen LogP contribution in [0.2, 0.25) is 0 Å². The third-order valence-electron chi connectivity index (χ3n) is 3.83. The van der Waals surface area contributed by atoms with Crippen LogP contribution in [0.5, 0.6) is 0 Å². The molecule has 0 radical (unpaired) electrons. The number of nitrogens with zero attached hydrogens (tertiary/aromatic N) is 2. The molecule has 0 fully saturated rings. The predicted molar refractivity (Wildman–Crippen MR) is 87.5 cm³/mol. The van der Waals surface area contributed by atoms with Gasteiger partial charge in [0.1, 0.15) is 13.2 Å². The van der Waals surface area contributed by atoms with Crippen LogP contribution < -0.4 is 9.13 Å². The second-order valence-electron chi connectivity index (χ2n) is 5.59. The summed E-state index contributed by atoms with van der Waals surface area (Å²) in [5, 5.41) is 0. The van der Waals surface area contributed by atoms with E-state index in [0.29, 0.717) is 0 Å². The highest BCUT2D eigenvalue weighted by Crippen LogP contribution is 2.04. The van der Waals surface area contributed by atoms with E-state index < -0.39 is 0 Å². The van der Waals surface area contributed by atoms with Gasteiger partial charge in [0, 0.05) is 30.9 Å². The third-order valence-corrected chi connectivity index (χ3v) is 3.83. The molecule has 0 saturated carbocycles. The minimum absolute atomic E-state index is 0.791. The van der Waals surface area contributed by atoms with Crippen molar-refractivity contribution in [1.82, 2.24) is 0 Å². The summed E-state index contributed by atoms with van der Waals surface area (Å²) in [6.45, 7) is 7.90. The molecule has 0 aliphatic carbocycles. The molecule has 0 unspecified atom stereocenters. The Balaban J connectivity index is 1.78. The molecule has 2 heterocycles. The number of ether oxygens (including phenoxy) is 1. The van der Waals surface area contributed by atoms with Gasteiger partial charge < -0.3 is 4.74 Å². The van der Waals surface area contributed by atoms with E-state index in [9.17, 15) is 0 Å². The summed E-state index contributed by atoms with van der Waals surface area (Å²) in [4.78, 5) is 0. The summed E-state index contributed by atoms with van der Waals surface area (Å²) in [7, 11) is 0. The van der Waals surface area contributed by atoms with Crippen molar-refractivity contribution in [2.24, 2.45) is 0 Å². The van der Waals surface area contributed by atoms with Gasteiger partial charge in [-0.2, -0.15) is 0 Å². The maximum absolute atomic E-state index is 5.52. The lowest BCUT2D eigenvalue weighted by molar-refractivity contribution is -0.698. The minimum atomic E-state index is 0.791. The molecule has 118 valence electrons. The molecular weight excluding hydrogens is 272 g/mol. The third kappa shape index (κ3) is 5.57. The van der Waals surface area contributed by atoms with E-state index in [-0.39, 0.29) is 0 Å². The quantitative estimate of drug-likeness (QED) is 0.514. The van der Waals surface area contributed by atoms with Crippen molar-refractivity contribution in [3.05, 3.63) is 60.2 Å². The van der Waals surface area contributed by atoms with Crippen LogP contribution in [0.4, 0.5) is 0 Å². The van der Waals surface area contributed by atoms with Crippen molar-refractivity contribution >= 4 is 0 Å². The highest BCUT2D eigenvalue weighted by atomic mass is 16.5. The first-order valence-corrected chi connectivity index (χ1v) is 8.35. The standard InChI is InChI=1S/C19H28N2O/c1-3-16-22-17-15-21-13-9-19(10-14-21)6-5-18-7-11-20(4-2)12-8-18/h7-14H,3-6,15-17H2,1-2H3/q+2. The van der Waals surface area contributed by atoms with Crippen molar-refractivity contribution < 1.29 is 13.9 Å². The zero-order valence-corrected chi connectivity index (χ0v) is 13.9. The molecule has 0 aliphatic heterocycles. The molecule has 0 aromatic carbocycles. The van der Waals surface area contributed by atoms with E-state index in [2.05, 4.69) is 72.0 Å². The fraction of sp³-hybridized carbons (Fsp3) is 0.474. The molecule has 0 amide bonds. The van der Waals surface area contributed by atoms with E-state index >= 15 is 0 Å². The SMILES string of the molecule is CCCOCC[n+]1ccc(CCc2cc[n+](CC)cc2)cc1. The lowest BCUT2D eigenvalue weighted by Gasteiger charge is -2.02. The van der Waals surface area contributed by atoms with E-state index in [4.69, 9.17) is 4.74 Å². The zero-order chi connectivity index (χ0) is 15.6. The molecule has 22 heavy (non-hydrogen) atoms. The monoisotopic (exact) mass is 300 g/mol. The van der Waals surface area contributed by atoms with Gasteiger partial charge in [0.25, 0.3) is 0 Å². The maximum atomic E-state index is 5.52. The van der Waals surface area contributed by atoms with Gasteiger partial charge in [-0.05, 0) is 37.3 Å². The summed E-state index contributed by atoms with van der Waals surface area (Å²) in [6, 6.07) is 8.87. The van der Waals surface area contributed by atoms with E-state index in [1.807, 2.05) is 0 Å². The van der Waals surface area contributed by atoms with Gasteiger partial charge in [0.15, 0.2) is 31.3 Å². The summed E-state index contributed by atoms with van der Waals surface area (Å²) in [5.74, 6) is 0. The number of pyridine rings is 2. The fourth-order valence-corrected chi connectivity index (χ4v) is 2.37. The van der Waals surface area contributed by atoms with Gasteiger partial charge in [-0.25, -0.2) is 9.13 Å².